The Bertz CT molecular complexity index is 643. The lowest BCUT2D eigenvalue weighted by Gasteiger charge is -2.45. The molecule has 0 saturated carbocycles. The summed E-state index contributed by atoms with van der Waals surface area (Å²) < 4.78 is 87.6. The second kappa shape index (κ2) is 6.74. The van der Waals surface area contributed by atoms with E-state index in [-0.39, 0.29) is 0 Å². The number of fused-ring (bicyclic) bond motifs is 1. The monoisotopic (exact) mass is 372 g/mol. The smallest absolute Gasteiger partial charge is 0.200 e. The van der Waals surface area contributed by atoms with Gasteiger partial charge in [-0.05, 0) is 0 Å². The summed E-state index contributed by atoms with van der Waals surface area (Å²) in [6.45, 7) is -0.404. The van der Waals surface area contributed by atoms with Crippen LogP contribution in [0, 0.1) is 29.1 Å². The maximum Gasteiger partial charge on any atom is 0.200 e. The summed E-state index contributed by atoms with van der Waals surface area (Å²) in [6.07, 6.45) is -8.67. The van der Waals surface area contributed by atoms with Crippen molar-refractivity contribution in [1.29, 1.82) is 0 Å². The van der Waals surface area contributed by atoms with E-state index in [9.17, 15) is 32.2 Å². The zero-order valence-electron chi connectivity index (χ0n) is 12.6. The molecular weight excluding hydrogens is 359 g/mol. The van der Waals surface area contributed by atoms with Crippen molar-refractivity contribution >= 4 is 0 Å². The molecule has 0 aromatic heterocycles. The van der Waals surface area contributed by atoms with Crippen LogP contribution in [0.2, 0.25) is 0 Å². The highest BCUT2D eigenvalue weighted by Crippen LogP contribution is 2.37. The molecule has 1 aromatic rings. The Hall–Kier alpha value is -1.37. The van der Waals surface area contributed by atoms with Crippen LogP contribution in [0.5, 0.6) is 0 Å². The average Bonchev–Trinajstić information content (AvgIpc) is 2.61. The molecular formula is C14H13F5O6. The zero-order chi connectivity index (χ0) is 18.5. The number of methoxy groups -OCH3 is 1. The van der Waals surface area contributed by atoms with E-state index >= 15 is 0 Å². The van der Waals surface area contributed by atoms with E-state index in [2.05, 4.69) is 0 Å². The van der Waals surface area contributed by atoms with Gasteiger partial charge in [0.15, 0.2) is 35.8 Å². The lowest BCUT2D eigenvalue weighted by Crippen LogP contribution is -2.62. The summed E-state index contributed by atoms with van der Waals surface area (Å²) in [7, 11) is 1.21. The second-order valence-electron chi connectivity index (χ2n) is 5.51. The van der Waals surface area contributed by atoms with Gasteiger partial charge < -0.3 is 29.2 Å². The molecule has 1 unspecified atom stereocenters. The summed E-state index contributed by atoms with van der Waals surface area (Å²) in [5, 5.41) is 19.9. The number of rotatable bonds is 2. The van der Waals surface area contributed by atoms with E-state index in [0.717, 1.165) is 0 Å². The summed E-state index contributed by atoms with van der Waals surface area (Å²) in [5.41, 5.74) is -1.33. The SMILES string of the molecule is CO[C@@H]1O[C@@H]2COC(c3c(F)c(F)c(F)c(F)c3F)O[C@@H]2[C@H](O)[C@H]1O. The lowest BCUT2D eigenvalue weighted by atomic mass is 9.98. The Morgan fingerprint density at radius 3 is 2.00 bits per heavy atom. The van der Waals surface area contributed by atoms with E-state index in [4.69, 9.17) is 18.9 Å². The summed E-state index contributed by atoms with van der Waals surface area (Å²) in [6, 6.07) is 0. The first-order valence-electron chi connectivity index (χ1n) is 7.10. The maximum atomic E-state index is 13.9. The largest absolute Gasteiger partial charge is 0.387 e. The molecule has 2 fully saturated rings. The van der Waals surface area contributed by atoms with Gasteiger partial charge >= 0.3 is 0 Å². The molecule has 2 heterocycles. The minimum absolute atomic E-state index is 0.404. The predicted octanol–water partition coefficient (Wildman–Crippen LogP) is 0.889. The van der Waals surface area contributed by atoms with E-state index in [1.54, 1.807) is 0 Å². The highest BCUT2D eigenvalue weighted by atomic mass is 19.2. The number of ether oxygens (including phenoxy) is 4. The van der Waals surface area contributed by atoms with Gasteiger partial charge in [-0.2, -0.15) is 0 Å². The van der Waals surface area contributed by atoms with Crippen LogP contribution in [-0.2, 0) is 18.9 Å². The van der Waals surface area contributed by atoms with Crippen LogP contribution in [0.4, 0.5) is 22.0 Å². The first-order valence-corrected chi connectivity index (χ1v) is 7.10. The normalized spacial score (nSPS) is 35.5. The molecule has 3 rings (SSSR count). The van der Waals surface area contributed by atoms with Crippen LogP contribution in [0.3, 0.4) is 0 Å². The van der Waals surface area contributed by atoms with Crippen molar-refractivity contribution < 1.29 is 51.1 Å². The molecule has 0 bridgehead atoms. The molecule has 140 valence electrons. The van der Waals surface area contributed by atoms with Crippen LogP contribution in [0.25, 0.3) is 0 Å². The molecule has 25 heavy (non-hydrogen) atoms. The molecule has 11 heteroatoms. The second-order valence-corrected chi connectivity index (χ2v) is 5.51. The van der Waals surface area contributed by atoms with Crippen molar-refractivity contribution in [1.82, 2.24) is 0 Å². The fraction of sp³-hybridized carbons (Fsp3) is 0.571. The standard InChI is InChI=1S/C14H13F5O6/c1-22-14-11(21)10(20)12-3(24-14)2-23-13(25-12)4-5(15)7(17)9(19)8(18)6(4)16/h3,10-14,20-21H,2H2,1H3/t3-,10-,11-,12+,13?,14-/m1/s1. The van der Waals surface area contributed by atoms with Crippen molar-refractivity contribution in [2.75, 3.05) is 13.7 Å². The summed E-state index contributed by atoms with van der Waals surface area (Å²) >= 11 is 0. The Morgan fingerprint density at radius 2 is 1.44 bits per heavy atom. The minimum atomic E-state index is -2.31. The van der Waals surface area contributed by atoms with Gasteiger partial charge in [0.1, 0.15) is 24.4 Å². The van der Waals surface area contributed by atoms with Gasteiger partial charge in [0.05, 0.1) is 12.2 Å². The van der Waals surface area contributed by atoms with Gasteiger partial charge in [-0.1, -0.05) is 0 Å². The van der Waals surface area contributed by atoms with Crippen molar-refractivity contribution in [2.24, 2.45) is 0 Å². The third-order valence-electron chi connectivity index (χ3n) is 4.05. The van der Waals surface area contributed by atoms with Crippen molar-refractivity contribution in [3.8, 4) is 0 Å². The first-order chi connectivity index (χ1) is 11.8. The van der Waals surface area contributed by atoms with Gasteiger partial charge in [-0.15, -0.1) is 0 Å². The van der Waals surface area contributed by atoms with Crippen LogP contribution in [0.1, 0.15) is 11.9 Å². The zero-order valence-corrected chi connectivity index (χ0v) is 12.6. The molecule has 1 aromatic carbocycles. The summed E-state index contributed by atoms with van der Waals surface area (Å²) in [5.74, 6) is -10.8. The van der Waals surface area contributed by atoms with Gasteiger partial charge in [0.25, 0.3) is 0 Å². The maximum absolute atomic E-state index is 13.9. The first kappa shape index (κ1) is 18.4. The van der Waals surface area contributed by atoms with Crippen LogP contribution < -0.4 is 0 Å². The van der Waals surface area contributed by atoms with Gasteiger partial charge in [0, 0.05) is 7.11 Å². The van der Waals surface area contributed by atoms with Crippen LogP contribution in [0.15, 0.2) is 0 Å². The summed E-state index contributed by atoms with van der Waals surface area (Å²) in [4.78, 5) is 0. The number of aliphatic hydroxyl groups excluding tert-OH is 2. The molecule has 0 amide bonds. The Kier molecular flexibility index (Phi) is 4.97. The quantitative estimate of drug-likeness (QED) is 0.456. The van der Waals surface area contributed by atoms with E-state index in [1.165, 1.54) is 7.11 Å². The predicted molar refractivity (Wildman–Crippen MR) is 67.5 cm³/mol. The molecule has 2 saturated heterocycles. The highest BCUT2D eigenvalue weighted by molar-refractivity contribution is 5.25. The molecule has 0 radical (unpaired) electrons. The van der Waals surface area contributed by atoms with Gasteiger partial charge in [-0.25, -0.2) is 22.0 Å². The topological polar surface area (TPSA) is 77.4 Å². The number of aliphatic hydroxyl groups is 2. The van der Waals surface area contributed by atoms with E-state index in [1.807, 2.05) is 0 Å². The highest BCUT2D eigenvalue weighted by Gasteiger charge is 2.50. The van der Waals surface area contributed by atoms with E-state index < -0.39 is 78.3 Å². The Labute approximate surface area is 137 Å². The molecule has 6 nitrogen and oxygen atoms in total. The van der Waals surface area contributed by atoms with Gasteiger partial charge in [0.2, 0.25) is 5.82 Å². The molecule has 6 atom stereocenters. The van der Waals surface area contributed by atoms with Crippen LogP contribution >= 0.6 is 0 Å². The van der Waals surface area contributed by atoms with Crippen molar-refractivity contribution in [3.63, 3.8) is 0 Å². The third kappa shape index (κ3) is 2.90. The fourth-order valence-corrected chi connectivity index (χ4v) is 2.75. The minimum Gasteiger partial charge on any atom is -0.387 e. The fourth-order valence-electron chi connectivity index (χ4n) is 2.75. The van der Waals surface area contributed by atoms with Crippen molar-refractivity contribution in [2.45, 2.75) is 37.0 Å². The van der Waals surface area contributed by atoms with Crippen molar-refractivity contribution in [3.05, 3.63) is 34.6 Å². The Morgan fingerprint density at radius 1 is 0.880 bits per heavy atom. The number of benzene rings is 1. The molecule has 2 aliphatic rings. The molecule has 0 aliphatic carbocycles. The van der Waals surface area contributed by atoms with E-state index in [0.29, 0.717) is 0 Å². The van der Waals surface area contributed by atoms with Crippen LogP contribution in [-0.4, -0.2) is 54.6 Å². The molecule has 0 spiro atoms. The number of hydrogen-bond donors (Lipinski definition) is 2. The van der Waals surface area contributed by atoms with Gasteiger partial charge in [-0.3, -0.25) is 0 Å². The number of halogens is 5. The number of hydrogen-bond acceptors (Lipinski definition) is 6. The third-order valence-corrected chi connectivity index (χ3v) is 4.05. The average molecular weight is 372 g/mol. The molecule has 2 aliphatic heterocycles. The Balaban J connectivity index is 1.91. The molecule has 2 N–H and O–H groups in total. The lowest BCUT2D eigenvalue weighted by molar-refractivity contribution is -0.358.